The molecule has 0 aliphatic carbocycles. The fourth-order valence-corrected chi connectivity index (χ4v) is 11.6. The summed E-state index contributed by atoms with van der Waals surface area (Å²) in [6, 6.07) is 19.7. The van der Waals surface area contributed by atoms with E-state index in [2.05, 4.69) is 0 Å². The lowest BCUT2D eigenvalue weighted by atomic mass is 9.79. The van der Waals surface area contributed by atoms with Crippen molar-refractivity contribution in [3.63, 3.8) is 0 Å². The molecule has 0 saturated carbocycles. The zero-order valence-corrected chi connectivity index (χ0v) is 37.3. The lowest BCUT2D eigenvalue weighted by Crippen LogP contribution is -2.63. The van der Waals surface area contributed by atoms with Crippen molar-refractivity contribution in [2.45, 2.75) is 69.9 Å². The summed E-state index contributed by atoms with van der Waals surface area (Å²) in [7, 11) is 0.254. The highest BCUT2D eigenvalue weighted by atomic mass is 32.2. The van der Waals surface area contributed by atoms with E-state index in [1.807, 2.05) is 6.92 Å². The number of esters is 1. The number of aliphatic hydroxyl groups excluding tert-OH is 1. The second kappa shape index (κ2) is 19.5. The van der Waals surface area contributed by atoms with Crippen molar-refractivity contribution in [3.8, 4) is 17.2 Å². The van der Waals surface area contributed by atoms with Crippen molar-refractivity contribution >= 4 is 46.0 Å². The lowest BCUT2D eigenvalue weighted by molar-refractivity contribution is -0.164. The van der Waals surface area contributed by atoms with Gasteiger partial charge in [0.2, 0.25) is 5.91 Å². The van der Waals surface area contributed by atoms with Crippen molar-refractivity contribution < 1.29 is 61.1 Å². The van der Waals surface area contributed by atoms with Crippen LogP contribution in [0.15, 0.2) is 83.4 Å². The van der Waals surface area contributed by atoms with Crippen LogP contribution >= 0.6 is 11.8 Å². The molecular weight excluding hydrogens is 857 g/mol. The molecule has 0 bridgehead atoms. The minimum atomic E-state index is -4.38. The van der Waals surface area contributed by atoms with E-state index < -0.39 is 52.5 Å². The number of aliphatic hydroxyl groups is 1. The molecule has 3 aromatic rings. The second-order valence-corrected chi connectivity index (χ2v) is 19.0. The monoisotopic (exact) mass is 908 g/mol. The Bertz CT molecular complexity index is 2290. The molecule has 63 heavy (non-hydrogen) atoms. The van der Waals surface area contributed by atoms with Crippen LogP contribution in [0.5, 0.6) is 17.2 Å². The highest BCUT2D eigenvalue weighted by molar-refractivity contribution is 8.03. The molecule has 3 amide bonds. The van der Waals surface area contributed by atoms with E-state index in [0.29, 0.717) is 49.6 Å². The van der Waals surface area contributed by atoms with Crippen LogP contribution in [0.25, 0.3) is 0 Å². The standard InChI is InChI=1S/C44H52N4O13S2/c1-27-38-37(28(2)49)41(50)48(38)39(42(51)59-24-29-7-13-33(56-3)14-8-29)40(27)62-36-21-32(46(23-36)43(52)60-25-30-9-15-34(57-4)16-10-30)22-45-19-6-20-47(63(45,54)55)44(53)61-26-31-11-17-35(58-5)18-12-31/h7-18,27-28,32,36-38,49H,6,19-26H2,1-5H3/t27-,28-,32+,36+,37-,38-/m1/s1. The van der Waals surface area contributed by atoms with Crippen LogP contribution in [0.1, 0.15) is 43.4 Å². The number of carbonyl (C=O) groups excluding carboxylic acids is 4. The van der Waals surface area contributed by atoms with Crippen molar-refractivity contribution in [2.75, 3.05) is 47.5 Å². The largest absolute Gasteiger partial charge is 0.497 e. The molecule has 3 fully saturated rings. The van der Waals surface area contributed by atoms with Gasteiger partial charge in [-0.3, -0.25) is 4.79 Å². The molecule has 4 aliphatic heterocycles. The van der Waals surface area contributed by atoms with E-state index >= 15 is 0 Å². The number of methoxy groups -OCH3 is 3. The molecule has 0 spiro atoms. The van der Waals surface area contributed by atoms with Gasteiger partial charge in [-0.2, -0.15) is 17.0 Å². The fourth-order valence-electron chi connectivity index (χ4n) is 8.40. The first kappa shape index (κ1) is 45.5. The Labute approximate surface area is 371 Å². The Morgan fingerprint density at radius 2 is 1.29 bits per heavy atom. The molecule has 3 saturated heterocycles. The Morgan fingerprint density at radius 1 is 0.778 bits per heavy atom. The summed E-state index contributed by atoms with van der Waals surface area (Å²) in [6.07, 6.45) is -2.05. The maximum absolute atomic E-state index is 14.1. The maximum Gasteiger partial charge on any atom is 0.424 e. The molecule has 1 N–H and O–H groups in total. The summed E-state index contributed by atoms with van der Waals surface area (Å²) in [6.45, 7) is 3.13. The molecule has 0 unspecified atom stereocenters. The number of hydrogen-bond acceptors (Lipinski definition) is 14. The lowest BCUT2D eigenvalue weighted by Gasteiger charge is -2.46. The smallest absolute Gasteiger partial charge is 0.424 e. The molecule has 17 nitrogen and oxygen atoms in total. The number of carbonyl (C=O) groups is 4. The predicted molar refractivity (Wildman–Crippen MR) is 229 cm³/mol. The van der Waals surface area contributed by atoms with Gasteiger partial charge in [0.15, 0.2) is 0 Å². The van der Waals surface area contributed by atoms with Gasteiger partial charge in [0.1, 0.15) is 42.8 Å². The average molecular weight is 909 g/mol. The van der Waals surface area contributed by atoms with Gasteiger partial charge >= 0.3 is 28.4 Å². The quantitative estimate of drug-likeness (QED) is 0.123. The highest BCUT2D eigenvalue weighted by Gasteiger charge is 2.60. The molecule has 6 atom stereocenters. The molecule has 3 aromatic carbocycles. The molecule has 19 heteroatoms. The van der Waals surface area contributed by atoms with Crippen LogP contribution < -0.4 is 14.2 Å². The third-order valence-corrected chi connectivity index (χ3v) is 15.1. The number of amides is 3. The number of thioether (sulfide) groups is 1. The number of β-lactam (4-membered cyclic amide) rings is 1. The van der Waals surface area contributed by atoms with E-state index in [1.54, 1.807) is 93.9 Å². The third-order valence-electron chi connectivity index (χ3n) is 11.8. The number of benzene rings is 3. The number of fused-ring (bicyclic) bond motifs is 1. The average Bonchev–Trinajstić information content (AvgIpc) is 3.79. The summed E-state index contributed by atoms with van der Waals surface area (Å²) in [5.41, 5.74) is 2.15. The number of ether oxygens (including phenoxy) is 6. The molecule has 0 radical (unpaired) electrons. The van der Waals surface area contributed by atoms with Crippen LogP contribution in [0, 0.1) is 11.8 Å². The van der Waals surface area contributed by atoms with Crippen molar-refractivity contribution in [2.24, 2.45) is 11.8 Å². The van der Waals surface area contributed by atoms with Gasteiger partial charge in [0, 0.05) is 42.3 Å². The molecule has 4 heterocycles. The summed E-state index contributed by atoms with van der Waals surface area (Å²) >= 11 is 1.33. The van der Waals surface area contributed by atoms with E-state index in [0.717, 1.165) is 0 Å². The Hall–Kier alpha value is -5.50. The topological polar surface area (TPSA) is 191 Å². The zero-order valence-electron chi connectivity index (χ0n) is 35.7. The molecule has 0 aromatic heterocycles. The Kier molecular flexibility index (Phi) is 14.1. The minimum Gasteiger partial charge on any atom is -0.497 e. The van der Waals surface area contributed by atoms with Crippen LogP contribution in [0.3, 0.4) is 0 Å². The second-order valence-electron chi connectivity index (χ2n) is 15.8. The van der Waals surface area contributed by atoms with Gasteiger partial charge < -0.3 is 43.3 Å². The summed E-state index contributed by atoms with van der Waals surface area (Å²) in [4.78, 5) is 58.2. The fraction of sp³-hybridized carbons (Fsp3) is 0.455. The number of likely N-dealkylation sites (tertiary alicyclic amines) is 1. The summed E-state index contributed by atoms with van der Waals surface area (Å²) < 4.78 is 62.6. The van der Waals surface area contributed by atoms with Crippen molar-refractivity contribution in [1.29, 1.82) is 0 Å². The summed E-state index contributed by atoms with van der Waals surface area (Å²) in [5.74, 6) is -0.289. The highest BCUT2D eigenvalue weighted by Crippen LogP contribution is 2.52. The number of hydrogen-bond donors (Lipinski definition) is 1. The van der Waals surface area contributed by atoms with E-state index in [-0.39, 0.29) is 75.2 Å². The van der Waals surface area contributed by atoms with Gasteiger partial charge in [-0.25, -0.2) is 14.4 Å². The van der Waals surface area contributed by atoms with E-state index in [1.165, 1.54) is 33.0 Å². The Balaban J connectivity index is 1.11. The SMILES string of the molecule is COc1ccc(COC(=O)C2=C(S[C@H]3C[C@@H](CN4CCCN(C(=O)OCc5ccc(OC)cc5)S4(=O)=O)N(C(=O)OCc4ccc(OC)cc4)C3)[C@H](C)[C@@H]3[C@@H]([C@@H](C)O)C(=O)N23)cc1. The zero-order chi connectivity index (χ0) is 45.0. The van der Waals surface area contributed by atoms with Gasteiger partial charge in [-0.05, 0) is 72.9 Å². The normalized spacial score (nSPS) is 23.4. The van der Waals surface area contributed by atoms with E-state index in [4.69, 9.17) is 28.4 Å². The molecular formula is C44H52N4O13S2. The molecule has 7 rings (SSSR count). The van der Waals surface area contributed by atoms with Crippen LogP contribution in [0.2, 0.25) is 0 Å². The van der Waals surface area contributed by atoms with Gasteiger partial charge in [0.05, 0.1) is 45.4 Å². The molecule has 4 aliphatic rings. The van der Waals surface area contributed by atoms with Gasteiger partial charge in [-0.15, -0.1) is 11.8 Å². The predicted octanol–water partition coefficient (Wildman–Crippen LogP) is 4.93. The first-order valence-corrected chi connectivity index (χ1v) is 22.9. The van der Waals surface area contributed by atoms with Crippen molar-refractivity contribution in [3.05, 3.63) is 100 Å². The maximum atomic E-state index is 14.1. The van der Waals surface area contributed by atoms with Crippen molar-refractivity contribution in [1.82, 2.24) is 18.4 Å². The first-order valence-electron chi connectivity index (χ1n) is 20.6. The van der Waals surface area contributed by atoms with Crippen LogP contribution in [-0.4, -0.2) is 127 Å². The van der Waals surface area contributed by atoms with Crippen LogP contribution in [-0.2, 0) is 53.8 Å². The van der Waals surface area contributed by atoms with Gasteiger partial charge in [-0.1, -0.05) is 43.3 Å². The number of nitrogens with zero attached hydrogens (tertiary/aromatic N) is 4. The third kappa shape index (κ3) is 9.70. The van der Waals surface area contributed by atoms with E-state index in [9.17, 15) is 32.7 Å². The molecule has 338 valence electrons. The Morgan fingerprint density at radius 3 is 1.79 bits per heavy atom. The summed E-state index contributed by atoms with van der Waals surface area (Å²) in [5, 5.41) is 10.2. The number of rotatable bonds is 15. The minimum absolute atomic E-state index is 0.0639. The first-order chi connectivity index (χ1) is 30.2. The van der Waals surface area contributed by atoms with Gasteiger partial charge in [0.25, 0.3) is 0 Å². The van der Waals surface area contributed by atoms with Crippen LogP contribution in [0.4, 0.5) is 9.59 Å².